The Morgan fingerprint density at radius 2 is 1.57 bits per heavy atom. The van der Waals surface area contributed by atoms with Crippen LogP contribution in [0.15, 0.2) is 48.5 Å². The molecule has 2 rings (SSSR count). The standard InChI is InChI=1S/C18H22FNO/c1-14(2)11-20-12-15-5-9-18(10-6-15)21-13-16-3-7-17(19)8-4-16/h3-10,14,20H,11-13H2,1-2H3. The third kappa shape index (κ3) is 5.56. The van der Waals surface area contributed by atoms with Gasteiger partial charge in [-0.25, -0.2) is 4.39 Å². The first kappa shape index (κ1) is 15.5. The van der Waals surface area contributed by atoms with Gasteiger partial charge in [0.05, 0.1) is 0 Å². The van der Waals surface area contributed by atoms with Crippen LogP contribution in [0.5, 0.6) is 5.75 Å². The van der Waals surface area contributed by atoms with Crippen LogP contribution in [0.3, 0.4) is 0 Å². The van der Waals surface area contributed by atoms with Crippen molar-refractivity contribution >= 4 is 0 Å². The number of hydrogen-bond acceptors (Lipinski definition) is 2. The fourth-order valence-electron chi connectivity index (χ4n) is 1.96. The summed E-state index contributed by atoms with van der Waals surface area (Å²) < 4.78 is 18.5. The quantitative estimate of drug-likeness (QED) is 0.826. The Morgan fingerprint density at radius 1 is 0.952 bits per heavy atom. The predicted molar refractivity (Wildman–Crippen MR) is 83.7 cm³/mol. The number of ether oxygens (including phenoxy) is 1. The van der Waals surface area contributed by atoms with Gasteiger partial charge < -0.3 is 10.1 Å². The molecule has 2 aromatic rings. The maximum Gasteiger partial charge on any atom is 0.123 e. The monoisotopic (exact) mass is 287 g/mol. The zero-order valence-corrected chi connectivity index (χ0v) is 12.6. The Hall–Kier alpha value is -1.87. The summed E-state index contributed by atoms with van der Waals surface area (Å²) in [6.07, 6.45) is 0. The molecule has 1 N–H and O–H groups in total. The zero-order chi connectivity index (χ0) is 15.1. The first-order valence-corrected chi connectivity index (χ1v) is 7.30. The van der Waals surface area contributed by atoms with Gasteiger partial charge in [-0.15, -0.1) is 0 Å². The maximum atomic E-state index is 12.8. The minimum Gasteiger partial charge on any atom is -0.489 e. The number of nitrogens with one attached hydrogen (secondary N) is 1. The van der Waals surface area contributed by atoms with E-state index in [9.17, 15) is 4.39 Å². The summed E-state index contributed by atoms with van der Waals surface area (Å²) in [5.41, 5.74) is 2.20. The van der Waals surface area contributed by atoms with E-state index in [0.717, 1.165) is 24.4 Å². The van der Waals surface area contributed by atoms with Crippen LogP contribution < -0.4 is 10.1 Å². The first-order chi connectivity index (χ1) is 10.1. The van der Waals surface area contributed by atoms with E-state index in [0.29, 0.717) is 12.5 Å². The van der Waals surface area contributed by atoms with E-state index in [-0.39, 0.29) is 5.82 Å². The lowest BCUT2D eigenvalue weighted by molar-refractivity contribution is 0.306. The van der Waals surface area contributed by atoms with Gasteiger partial charge in [-0.2, -0.15) is 0 Å². The molecule has 0 aliphatic carbocycles. The SMILES string of the molecule is CC(C)CNCc1ccc(OCc2ccc(F)cc2)cc1. The average molecular weight is 287 g/mol. The van der Waals surface area contributed by atoms with Crippen molar-refractivity contribution in [2.45, 2.75) is 27.0 Å². The molecule has 21 heavy (non-hydrogen) atoms. The molecule has 0 bridgehead atoms. The molecule has 3 heteroatoms. The van der Waals surface area contributed by atoms with Crippen molar-refractivity contribution in [3.05, 3.63) is 65.5 Å². The topological polar surface area (TPSA) is 21.3 Å². The molecule has 0 unspecified atom stereocenters. The Labute approximate surface area is 126 Å². The van der Waals surface area contributed by atoms with Crippen molar-refractivity contribution < 1.29 is 9.13 Å². The van der Waals surface area contributed by atoms with E-state index in [4.69, 9.17) is 4.74 Å². The molecule has 0 atom stereocenters. The van der Waals surface area contributed by atoms with E-state index >= 15 is 0 Å². The molecule has 2 aromatic carbocycles. The molecule has 2 nitrogen and oxygen atoms in total. The highest BCUT2D eigenvalue weighted by Crippen LogP contribution is 2.14. The van der Waals surface area contributed by atoms with E-state index in [1.54, 1.807) is 12.1 Å². The highest BCUT2D eigenvalue weighted by molar-refractivity contribution is 5.27. The molecular weight excluding hydrogens is 265 g/mol. The van der Waals surface area contributed by atoms with Gasteiger partial charge >= 0.3 is 0 Å². The van der Waals surface area contributed by atoms with E-state index in [1.165, 1.54) is 17.7 Å². The van der Waals surface area contributed by atoms with Crippen LogP contribution in [-0.4, -0.2) is 6.54 Å². The molecule has 0 heterocycles. The molecule has 0 aliphatic heterocycles. The van der Waals surface area contributed by atoms with Gasteiger partial charge in [0.25, 0.3) is 0 Å². The fraction of sp³-hybridized carbons (Fsp3) is 0.333. The van der Waals surface area contributed by atoms with E-state index in [2.05, 4.69) is 31.3 Å². The normalized spacial score (nSPS) is 10.9. The molecule has 112 valence electrons. The van der Waals surface area contributed by atoms with Crippen molar-refractivity contribution in [3.63, 3.8) is 0 Å². The Morgan fingerprint density at radius 3 is 2.19 bits per heavy atom. The molecule has 0 fully saturated rings. The summed E-state index contributed by atoms with van der Waals surface area (Å²) >= 11 is 0. The highest BCUT2D eigenvalue weighted by atomic mass is 19.1. The van der Waals surface area contributed by atoms with Gasteiger partial charge in [-0.1, -0.05) is 38.1 Å². The minimum absolute atomic E-state index is 0.225. The maximum absolute atomic E-state index is 12.8. The fourth-order valence-corrected chi connectivity index (χ4v) is 1.96. The van der Waals surface area contributed by atoms with Crippen LogP contribution in [0.2, 0.25) is 0 Å². The smallest absolute Gasteiger partial charge is 0.123 e. The van der Waals surface area contributed by atoms with Crippen LogP contribution in [-0.2, 0) is 13.2 Å². The van der Waals surface area contributed by atoms with Crippen LogP contribution >= 0.6 is 0 Å². The largest absolute Gasteiger partial charge is 0.489 e. The zero-order valence-electron chi connectivity index (χ0n) is 12.6. The number of benzene rings is 2. The molecule has 0 radical (unpaired) electrons. The lowest BCUT2D eigenvalue weighted by Gasteiger charge is -2.09. The summed E-state index contributed by atoms with van der Waals surface area (Å²) in [5, 5.41) is 3.41. The third-order valence-corrected chi connectivity index (χ3v) is 3.12. The van der Waals surface area contributed by atoms with Crippen molar-refractivity contribution in [1.29, 1.82) is 0 Å². The summed E-state index contributed by atoms with van der Waals surface area (Å²) in [6, 6.07) is 14.4. The summed E-state index contributed by atoms with van der Waals surface area (Å²) in [7, 11) is 0. The van der Waals surface area contributed by atoms with Gasteiger partial charge in [0, 0.05) is 6.54 Å². The van der Waals surface area contributed by atoms with Gasteiger partial charge in [-0.3, -0.25) is 0 Å². The highest BCUT2D eigenvalue weighted by Gasteiger charge is 1.99. The molecule has 0 saturated carbocycles. The number of halogens is 1. The first-order valence-electron chi connectivity index (χ1n) is 7.30. The molecule has 0 aliphatic rings. The van der Waals surface area contributed by atoms with Crippen molar-refractivity contribution in [3.8, 4) is 5.75 Å². The lowest BCUT2D eigenvalue weighted by Crippen LogP contribution is -2.18. The third-order valence-electron chi connectivity index (χ3n) is 3.12. The van der Waals surface area contributed by atoms with Gasteiger partial charge in [0.1, 0.15) is 18.2 Å². The van der Waals surface area contributed by atoms with Gasteiger partial charge in [0.15, 0.2) is 0 Å². The van der Waals surface area contributed by atoms with E-state index in [1.807, 2.05) is 12.1 Å². The molecule has 0 amide bonds. The second kappa shape index (κ2) is 7.79. The Kier molecular flexibility index (Phi) is 5.76. The molecule has 0 spiro atoms. The second-order valence-corrected chi connectivity index (χ2v) is 5.58. The summed E-state index contributed by atoms with van der Waals surface area (Å²) in [6.45, 7) is 6.73. The number of rotatable bonds is 7. The van der Waals surface area contributed by atoms with Crippen molar-refractivity contribution in [2.24, 2.45) is 5.92 Å². The molecular formula is C18H22FNO. The number of hydrogen-bond donors (Lipinski definition) is 1. The molecule has 0 aromatic heterocycles. The molecule has 0 saturated heterocycles. The minimum atomic E-state index is -0.225. The van der Waals surface area contributed by atoms with Gasteiger partial charge in [-0.05, 0) is 47.9 Å². The van der Waals surface area contributed by atoms with Gasteiger partial charge in [0.2, 0.25) is 0 Å². The van der Waals surface area contributed by atoms with Crippen LogP contribution in [0.4, 0.5) is 4.39 Å². The Balaban J connectivity index is 1.80. The van der Waals surface area contributed by atoms with Crippen LogP contribution in [0.25, 0.3) is 0 Å². The Bertz CT molecular complexity index is 534. The van der Waals surface area contributed by atoms with Crippen molar-refractivity contribution in [1.82, 2.24) is 5.32 Å². The summed E-state index contributed by atoms with van der Waals surface area (Å²) in [5.74, 6) is 1.26. The van der Waals surface area contributed by atoms with Crippen LogP contribution in [0.1, 0.15) is 25.0 Å². The second-order valence-electron chi connectivity index (χ2n) is 5.58. The lowest BCUT2D eigenvalue weighted by atomic mass is 10.2. The summed E-state index contributed by atoms with van der Waals surface area (Å²) in [4.78, 5) is 0. The van der Waals surface area contributed by atoms with E-state index < -0.39 is 0 Å². The predicted octanol–water partition coefficient (Wildman–Crippen LogP) is 4.15. The van der Waals surface area contributed by atoms with Crippen LogP contribution in [0, 0.1) is 11.7 Å². The van der Waals surface area contributed by atoms with Crippen molar-refractivity contribution in [2.75, 3.05) is 6.54 Å². The average Bonchev–Trinajstić information content (AvgIpc) is 2.48.